The van der Waals surface area contributed by atoms with Crippen LogP contribution in [0, 0.1) is 12.0 Å². The predicted octanol–water partition coefficient (Wildman–Crippen LogP) is 2.97. The highest BCUT2D eigenvalue weighted by atomic mass is 16.5. The van der Waals surface area contributed by atoms with Crippen LogP contribution >= 0.6 is 0 Å². The van der Waals surface area contributed by atoms with E-state index in [9.17, 15) is 4.79 Å². The molecule has 1 fully saturated rings. The number of para-hydroxylation sites is 1. The minimum Gasteiger partial charge on any atom is -0.426 e. The van der Waals surface area contributed by atoms with E-state index in [1.54, 1.807) is 12.1 Å². The monoisotopic (exact) mass is 203 g/mol. The Morgan fingerprint density at radius 1 is 1.27 bits per heavy atom. The first kappa shape index (κ1) is 10.2. The number of esters is 1. The van der Waals surface area contributed by atoms with Gasteiger partial charge in [-0.15, -0.1) is 0 Å². The van der Waals surface area contributed by atoms with Gasteiger partial charge in [-0.1, -0.05) is 37.5 Å². The van der Waals surface area contributed by atoms with Crippen LogP contribution in [0.2, 0.25) is 0 Å². The van der Waals surface area contributed by atoms with Crippen LogP contribution in [0.5, 0.6) is 5.75 Å². The van der Waals surface area contributed by atoms with Crippen molar-refractivity contribution in [2.45, 2.75) is 32.1 Å². The van der Waals surface area contributed by atoms with Crippen molar-refractivity contribution in [3.8, 4) is 5.75 Å². The van der Waals surface area contributed by atoms with Crippen LogP contribution in [0.4, 0.5) is 0 Å². The Balaban J connectivity index is 1.91. The van der Waals surface area contributed by atoms with Crippen LogP contribution in [0.25, 0.3) is 0 Å². The van der Waals surface area contributed by atoms with Crippen LogP contribution in [0.15, 0.2) is 24.3 Å². The zero-order valence-corrected chi connectivity index (χ0v) is 8.74. The van der Waals surface area contributed by atoms with Crippen molar-refractivity contribution in [3.63, 3.8) is 0 Å². The largest absolute Gasteiger partial charge is 0.426 e. The van der Waals surface area contributed by atoms with E-state index in [1.165, 1.54) is 6.42 Å². The first-order valence-electron chi connectivity index (χ1n) is 5.54. The maximum Gasteiger partial charge on any atom is 0.314 e. The summed E-state index contributed by atoms with van der Waals surface area (Å²) in [7, 11) is 0. The summed E-state index contributed by atoms with van der Waals surface area (Å²) >= 11 is 0. The summed E-state index contributed by atoms with van der Waals surface area (Å²) in [6.45, 7) is 0. The molecule has 15 heavy (non-hydrogen) atoms. The van der Waals surface area contributed by atoms with Gasteiger partial charge in [-0.3, -0.25) is 4.79 Å². The molecule has 1 aliphatic rings. The second-order valence-corrected chi connectivity index (χ2v) is 3.98. The van der Waals surface area contributed by atoms with Gasteiger partial charge >= 0.3 is 5.97 Å². The van der Waals surface area contributed by atoms with E-state index in [0.717, 1.165) is 25.7 Å². The Hall–Kier alpha value is -1.31. The summed E-state index contributed by atoms with van der Waals surface area (Å²) in [5.41, 5.74) is 0. The highest BCUT2D eigenvalue weighted by Gasteiger charge is 2.22. The fraction of sp³-hybridized carbons (Fsp3) is 0.462. The molecular weight excluding hydrogens is 188 g/mol. The van der Waals surface area contributed by atoms with Crippen LogP contribution in [-0.2, 0) is 4.79 Å². The maximum absolute atomic E-state index is 11.7. The van der Waals surface area contributed by atoms with Crippen molar-refractivity contribution in [1.29, 1.82) is 0 Å². The Labute approximate surface area is 90.3 Å². The molecule has 0 aromatic heterocycles. The molecule has 0 heterocycles. The Morgan fingerprint density at radius 2 is 2.07 bits per heavy atom. The fourth-order valence-electron chi connectivity index (χ4n) is 1.97. The molecule has 2 nitrogen and oxygen atoms in total. The number of benzene rings is 1. The van der Waals surface area contributed by atoms with E-state index < -0.39 is 0 Å². The van der Waals surface area contributed by atoms with Gasteiger partial charge in [-0.05, 0) is 18.9 Å². The highest BCUT2D eigenvalue weighted by molar-refractivity contribution is 5.75. The van der Waals surface area contributed by atoms with E-state index in [-0.39, 0.29) is 11.9 Å². The molecule has 0 bridgehead atoms. The van der Waals surface area contributed by atoms with E-state index in [1.807, 2.05) is 12.1 Å². The first-order chi connectivity index (χ1) is 7.36. The lowest BCUT2D eigenvalue weighted by molar-refractivity contribution is -0.140. The summed E-state index contributed by atoms with van der Waals surface area (Å²) in [5.74, 6) is 0.553. The van der Waals surface area contributed by atoms with Crippen molar-refractivity contribution in [2.75, 3.05) is 0 Å². The second-order valence-electron chi connectivity index (χ2n) is 3.98. The summed E-state index contributed by atoms with van der Waals surface area (Å²) in [6, 6.07) is 10.1. The summed E-state index contributed by atoms with van der Waals surface area (Å²) < 4.78 is 5.26. The number of rotatable bonds is 2. The van der Waals surface area contributed by atoms with E-state index in [4.69, 9.17) is 4.74 Å². The Bertz CT molecular complexity index is 313. The van der Waals surface area contributed by atoms with Crippen molar-refractivity contribution in [3.05, 3.63) is 30.3 Å². The van der Waals surface area contributed by atoms with Crippen LogP contribution < -0.4 is 4.74 Å². The van der Waals surface area contributed by atoms with E-state index in [2.05, 4.69) is 6.07 Å². The maximum atomic E-state index is 11.7. The molecule has 0 atom stereocenters. The van der Waals surface area contributed by atoms with Gasteiger partial charge in [0.2, 0.25) is 0 Å². The number of carbonyl (C=O) groups excluding carboxylic acids is 1. The number of ether oxygens (including phenoxy) is 1. The molecule has 0 saturated heterocycles. The molecule has 1 aromatic carbocycles. The molecule has 1 saturated carbocycles. The number of hydrogen-bond donors (Lipinski definition) is 0. The van der Waals surface area contributed by atoms with Crippen molar-refractivity contribution < 1.29 is 9.53 Å². The van der Waals surface area contributed by atoms with Crippen molar-refractivity contribution in [1.82, 2.24) is 0 Å². The molecule has 0 N–H and O–H groups in total. The second kappa shape index (κ2) is 4.96. The van der Waals surface area contributed by atoms with Gasteiger partial charge in [0, 0.05) is 6.07 Å². The molecule has 0 spiro atoms. The molecule has 2 heteroatoms. The van der Waals surface area contributed by atoms with E-state index in [0.29, 0.717) is 5.75 Å². The Morgan fingerprint density at radius 3 is 2.73 bits per heavy atom. The molecule has 79 valence electrons. The molecule has 1 radical (unpaired) electrons. The molecule has 0 amide bonds. The molecular formula is C13H15O2. The SMILES string of the molecule is O=C(Oc1[c]cccc1)C1CCCCC1. The lowest BCUT2D eigenvalue weighted by Crippen LogP contribution is -2.22. The third-order valence-electron chi connectivity index (χ3n) is 2.83. The third-order valence-corrected chi connectivity index (χ3v) is 2.83. The lowest BCUT2D eigenvalue weighted by Gasteiger charge is -2.19. The number of hydrogen-bond acceptors (Lipinski definition) is 2. The van der Waals surface area contributed by atoms with Crippen LogP contribution in [0.1, 0.15) is 32.1 Å². The zero-order chi connectivity index (χ0) is 10.5. The molecule has 0 unspecified atom stereocenters. The summed E-state index contributed by atoms with van der Waals surface area (Å²) in [5, 5.41) is 0. The normalized spacial score (nSPS) is 17.3. The Kier molecular flexibility index (Phi) is 3.38. The standard InChI is InChI=1S/C13H15O2/c14-13(11-7-3-1-4-8-11)15-12-9-5-2-6-10-12/h2,5-6,9,11H,1,3-4,7-8H2. The van der Waals surface area contributed by atoms with Gasteiger partial charge in [-0.2, -0.15) is 0 Å². The highest BCUT2D eigenvalue weighted by Crippen LogP contribution is 2.25. The van der Waals surface area contributed by atoms with Crippen LogP contribution in [0.3, 0.4) is 0 Å². The van der Waals surface area contributed by atoms with E-state index >= 15 is 0 Å². The average molecular weight is 203 g/mol. The van der Waals surface area contributed by atoms with Crippen molar-refractivity contribution in [2.24, 2.45) is 5.92 Å². The number of carbonyl (C=O) groups is 1. The van der Waals surface area contributed by atoms with Gasteiger partial charge in [0.1, 0.15) is 5.75 Å². The molecule has 1 aliphatic carbocycles. The van der Waals surface area contributed by atoms with Gasteiger partial charge in [0.05, 0.1) is 5.92 Å². The van der Waals surface area contributed by atoms with Crippen LogP contribution in [-0.4, -0.2) is 5.97 Å². The minimum atomic E-state index is -0.0860. The van der Waals surface area contributed by atoms with Gasteiger partial charge in [0.15, 0.2) is 0 Å². The third kappa shape index (κ3) is 2.82. The quantitative estimate of drug-likeness (QED) is 0.545. The zero-order valence-electron chi connectivity index (χ0n) is 8.74. The molecule has 1 aromatic rings. The molecule has 0 aliphatic heterocycles. The van der Waals surface area contributed by atoms with Gasteiger partial charge in [-0.25, -0.2) is 0 Å². The average Bonchev–Trinajstić information content (AvgIpc) is 2.31. The first-order valence-corrected chi connectivity index (χ1v) is 5.54. The molecule has 2 rings (SSSR count). The lowest BCUT2D eigenvalue weighted by atomic mass is 9.89. The van der Waals surface area contributed by atoms with Gasteiger partial charge < -0.3 is 4.74 Å². The van der Waals surface area contributed by atoms with Gasteiger partial charge in [0.25, 0.3) is 0 Å². The van der Waals surface area contributed by atoms with Crippen molar-refractivity contribution >= 4 is 5.97 Å². The predicted molar refractivity (Wildman–Crippen MR) is 57.5 cm³/mol. The summed E-state index contributed by atoms with van der Waals surface area (Å²) in [6.07, 6.45) is 5.51. The fourth-order valence-corrected chi connectivity index (χ4v) is 1.97. The topological polar surface area (TPSA) is 26.3 Å². The summed E-state index contributed by atoms with van der Waals surface area (Å²) in [4.78, 5) is 11.7. The minimum absolute atomic E-state index is 0.0860. The smallest absolute Gasteiger partial charge is 0.314 e.